The molecule has 1 saturated carbocycles. The number of thioether (sulfide) groups is 1. The lowest BCUT2D eigenvalue weighted by Crippen LogP contribution is -1.98. The lowest BCUT2D eigenvalue weighted by atomic mass is 10.1. The molecule has 102 valence electrons. The molecule has 1 fully saturated rings. The van der Waals surface area contributed by atoms with Gasteiger partial charge >= 0.3 is 0 Å². The smallest absolute Gasteiger partial charge is 0.124 e. The van der Waals surface area contributed by atoms with Crippen molar-refractivity contribution >= 4 is 11.8 Å². The molecule has 0 aromatic heterocycles. The maximum Gasteiger partial charge on any atom is 0.124 e. The van der Waals surface area contributed by atoms with E-state index in [0.717, 1.165) is 22.8 Å². The monoisotopic (exact) mass is 277 g/mol. The van der Waals surface area contributed by atoms with Crippen molar-refractivity contribution in [3.63, 3.8) is 0 Å². The standard InChI is InChI=1S/C16H20FNS/c17-16-8-7-15(14(10-16)6-3-9-18)12-19-11-13-4-1-2-5-13/h7-8,10,13H,1-2,4-5,9,11-12,18H2. The van der Waals surface area contributed by atoms with Gasteiger partial charge in [0.2, 0.25) is 0 Å². The van der Waals surface area contributed by atoms with Crippen molar-refractivity contribution in [1.82, 2.24) is 0 Å². The molecule has 1 aromatic carbocycles. The van der Waals surface area contributed by atoms with E-state index >= 15 is 0 Å². The van der Waals surface area contributed by atoms with Crippen molar-refractivity contribution in [3.05, 3.63) is 35.1 Å². The van der Waals surface area contributed by atoms with Crippen LogP contribution in [0.15, 0.2) is 18.2 Å². The predicted octanol–water partition coefficient (Wildman–Crippen LogP) is 3.56. The Balaban J connectivity index is 1.94. The van der Waals surface area contributed by atoms with Gasteiger partial charge in [-0.25, -0.2) is 4.39 Å². The molecule has 0 atom stereocenters. The molecule has 2 N–H and O–H groups in total. The summed E-state index contributed by atoms with van der Waals surface area (Å²) in [6, 6.07) is 4.87. The minimum absolute atomic E-state index is 0.231. The topological polar surface area (TPSA) is 26.0 Å². The number of hydrogen-bond donors (Lipinski definition) is 1. The molecule has 0 bridgehead atoms. The molecule has 0 amide bonds. The summed E-state index contributed by atoms with van der Waals surface area (Å²) in [7, 11) is 0. The summed E-state index contributed by atoms with van der Waals surface area (Å²) in [5.41, 5.74) is 7.27. The number of benzene rings is 1. The molecular weight excluding hydrogens is 257 g/mol. The molecule has 1 aliphatic rings. The zero-order chi connectivity index (χ0) is 13.5. The van der Waals surface area contributed by atoms with E-state index in [1.165, 1.54) is 43.6 Å². The SMILES string of the molecule is NCC#Cc1cc(F)ccc1CSCC1CCCC1. The Morgan fingerprint density at radius 2 is 2.11 bits per heavy atom. The van der Waals surface area contributed by atoms with Gasteiger partial charge in [0, 0.05) is 11.3 Å². The van der Waals surface area contributed by atoms with Crippen molar-refractivity contribution < 1.29 is 4.39 Å². The Labute approximate surface area is 119 Å². The molecule has 0 radical (unpaired) electrons. The van der Waals surface area contributed by atoms with Crippen LogP contribution in [0.2, 0.25) is 0 Å². The Kier molecular flexibility index (Phi) is 5.75. The minimum Gasteiger partial charge on any atom is -0.320 e. The van der Waals surface area contributed by atoms with Crippen LogP contribution in [0.1, 0.15) is 36.8 Å². The largest absolute Gasteiger partial charge is 0.320 e. The van der Waals surface area contributed by atoms with Gasteiger partial charge < -0.3 is 5.73 Å². The summed E-state index contributed by atoms with van der Waals surface area (Å²) in [6.07, 6.45) is 5.51. The van der Waals surface area contributed by atoms with Crippen LogP contribution in [-0.2, 0) is 5.75 Å². The fourth-order valence-electron chi connectivity index (χ4n) is 2.45. The van der Waals surface area contributed by atoms with Gasteiger partial charge in [0.1, 0.15) is 5.82 Å². The van der Waals surface area contributed by atoms with Crippen LogP contribution in [0.3, 0.4) is 0 Å². The molecule has 2 rings (SSSR count). The van der Waals surface area contributed by atoms with Crippen molar-refractivity contribution in [2.75, 3.05) is 12.3 Å². The third kappa shape index (κ3) is 4.56. The second-order valence-electron chi connectivity index (χ2n) is 4.97. The highest BCUT2D eigenvalue weighted by Crippen LogP contribution is 2.29. The van der Waals surface area contributed by atoms with Crippen molar-refractivity contribution in [3.8, 4) is 11.8 Å². The average Bonchev–Trinajstić information content (AvgIpc) is 2.91. The fourth-order valence-corrected chi connectivity index (χ4v) is 3.71. The molecule has 1 aromatic rings. The third-order valence-electron chi connectivity index (χ3n) is 3.48. The Morgan fingerprint density at radius 1 is 1.32 bits per heavy atom. The van der Waals surface area contributed by atoms with Gasteiger partial charge in [0.05, 0.1) is 6.54 Å². The molecular formula is C16H20FNS. The van der Waals surface area contributed by atoms with Gasteiger partial charge in [-0.3, -0.25) is 0 Å². The highest BCUT2D eigenvalue weighted by molar-refractivity contribution is 7.98. The highest BCUT2D eigenvalue weighted by Gasteiger charge is 2.14. The van der Waals surface area contributed by atoms with E-state index in [1.807, 2.05) is 17.8 Å². The lowest BCUT2D eigenvalue weighted by molar-refractivity contribution is 0.623. The molecule has 0 saturated heterocycles. The Bertz CT molecular complexity index is 469. The van der Waals surface area contributed by atoms with Gasteiger partial charge in [-0.1, -0.05) is 30.7 Å². The van der Waals surface area contributed by atoms with Gasteiger partial charge in [0.25, 0.3) is 0 Å². The van der Waals surface area contributed by atoms with Gasteiger partial charge in [-0.15, -0.1) is 0 Å². The van der Waals surface area contributed by atoms with Crippen LogP contribution >= 0.6 is 11.8 Å². The van der Waals surface area contributed by atoms with Crippen LogP contribution in [0.5, 0.6) is 0 Å². The second kappa shape index (κ2) is 7.57. The first kappa shape index (κ1) is 14.4. The van der Waals surface area contributed by atoms with Gasteiger partial charge in [0.15, 0.2) is 0 Å². The molecule has 3 heteroatoms. The molecule has 0 unspecified atom stereocenters. The molecule has 0 heterocycles. The molecule has 0 spiro atoms. The highest BCUT2D eigenvalue weighted by atomic mass is 32.2. The van der Waals surface area contributed by atoms with E-state index < -0.39 is 0 Å². The molecule has 19 heavy (non-hydrogen) atoms. The van der Waals surface area contributed by atoms with Crippen LogP contribution in [0, 0.1) is 23.6 Å². The van der Waals surface area contributed by atoms with E-state index in [2.05, 4.69) is 11.8 Å². The Hall–Kier alpha value is -0.980. The van der Waals surface area contributed by atoms with E-state index in [4.69, 9.17) is 5.73 Å². The average molecular weight is 277 g/mol. The first-order valence-electron chi connectivity index (χ1n) is 6.84. The molecule has 0 aliphatic heterocycles. The maximum absolute atomic E-state index is 13.2. The lowest BCUT2D eigenvalue weighted by Gasteiger charge is -2.09. The van der Waals surface area contributed by atoms with Crippen molar-refractivity contribution in [2.24, 2.45) is 11.7 Å². The van der Waals surface area contributed by atoms with E-state index in [1.54, 1.807) is 0 Å². The zero-order valence-corrected chi connectivity index (χ0v) is 11.9. The van der Waals surface area contributed by atoms with Crippen LogP contribution in [0.4, 0.5) is 4.39 Å². The van der Waals surface area contributed by atoms with Crippen LogP contribution in [-0.4, -0.2) is 12.3 Å². The first-order chi connectivity index (χ1) is 9.29. The van der Waals surface area contributed by atoms with Crippen molar-refractivity contribution in [1.29, 1.82) is 0 Å². The summed E-state index contributed by atoms with van der Waals surface area (Å²) in [5, 5.41) is 0. The molecule has 1 aliphatic carbocycles. The zero-order valence-electron chi connectivity index (χ0n) is 11.1. The van der Waals surface area contributed by atoms with E-state index in [0.29, 0.717) is 6.54 Å². The van der Waals surface area contributed by atoms with Gasteiger partial charge in [-0.2, -0.15) is 11.8 Å². The summed E-state index contributed by atoms with van der Waals surface area (Å²) < 4.78 is 13.2. The van der Waals surface area contributed by atoms with Gasteiger partial charge in [-0.05, 0) is 42.2 Å². The van der Waals surface area contributed by atoms with E-state index in [-0.39, 0.29) is 5.82 Å². The molecule has 1 nitrogen and oxygen atoms in total. The normalized spacial score (nSPS) is 15.3. The number of halogens is 1. The minimum atomic E-state index is -0.231. The van der Waals surface area contributed by atoms with Crippen molar-refractivity contribution in [2.45, 2.75) is 31.4 Å². The maximum atomic E-state index is 13.2. The predicted molar refractivity (Wildman–Crippen MR) is 80.5 cm³/mol. The number of rotatable bonds is 4. The van der Waals surface area contributed by atoms with E-state index in [9.17, 15) is 4.39 Å². The first-order valence-corrected chi connectivity index (χ1v) is 8.00. The fraction of sp³-hybridized carbons (Fsp3) is 0.500. The summed E-state index contributed by atoms with van der Waals surface area (Å²) in [5.74, 6) is 8.54. The summed E-state index contributed by atoms with van der Waals surface area (Å²) in [4.78, 5) is 0. The summed E-state index contributed by atoms with van der Waals surface area (Å²) in [6.45, 7) is 0.311. The third-order valence-corrected chi connectivity index (χ3v) is 4.71. The number of hydrogen-bond acceptors (Lipinski definition) is 2. The quantitative estimate of drug-likeness (QED) is 0.852. The van der Waals surface area contributed by atoms with Crippen LogP contribution in [0.25, 0.3) is 0 Å². The van der Waals surface area contributed by atoms with Crippen LogP contribution < -0.4 is 5.73 Å². The Morgan fingerprint density at radius 3 is 2.84 bits per heavy atom. The second-order valence-corrected chi connectivity index (χ2v) is 6.00. The summed E-state index contributed by atoms with van der Waals surface area (Å²) >= 11 is 1.94. The number of nitrogens with two attached hydrogens (primary N) is 1.